The van der Waals surface area contributed by atoms with Crippen LogP contribution in [0.5, 0.6) is 11.5 Å². The van der Waals surface area contributed by atoms with Gasteiger partial charge in [-0.2, -0.15) is 0 Å². The van der Waals surface area contributed by atoms with Crippen LogP contribution in [0.4, 0.5) is 4.79 Å². The summed E-state index contributed by atoms with van der Waals surface area (Å²) in [6.07, 6.45) is -0.286. The number of hydrogen-bond donors (Lipinski definition) is 17. The van der Waals surface area contributed by atoms with Crippen molar-refractivity contribution in [2.45, 2.75) is 145 Å². The molecular weight excluding hydrogens is 1400 g/mol. The topological polar surface area (TPSA) is 489 Å². The Hall–Kier alpha value is -12.4. The maximum Gasteiger partial charge on any atom is 0.312 e. The van der Waals surface area contributed by atoms with E-state index >= 15 is 0 Å². The molecule has 2 aliphatic heterocycles. The lowest BCUT2D eigenvalue weighted by Gasteiger charge is -2.32. The van der Waals surface area contributed by atoms with E-state index in [-0.39, 0.29) is 140 Å². The van der Waals surface area contributed by atoms with Gasteiger partial charge in [-0.1, -0.05) is 109 Å². The average molecular weight is 1500 g/mol. The van der Waals surface area contributed by atoms with Crippen LogP contribution in [0.2, 0.25) is 0 Å². The fourth-order valence-corrected chi connectivity index (χ4v) is 12.9. The normalized spacial score (nSPS) is 20.2. The van der Waals surface area contributed by atoms with Gasteiger partial charge in [0.15, 0.2) is 5.96 Å². The van der Waals surface area contributed by atoms with Crippen molar-refractivity contribution in [1.29, 1.82) is 5.41 Å². The van der Waals surface area contributed by atoms with Gasteiger partial charge < -0.3 is 95.3 Å². The zero-order chi connectivity index (χ0) is 78.5. The fourth-order valence-electron chi connectivity index (χ4n) is 12.9. The summed E-state index contributed by atoms with van der Waals surface area (Å²) in [7, 11) is 2.71. The quantitative estimate of drug-likeness (QED) is 0.0177. The Labute approximate surface area is 630 Å². The number of likely N-dealkylation sites (N-methyl/N-ethyl adjacent to an activating group) is 2. The molecular formula is C77H97N17O15. The van der Waals surface area contributed by atoms with E-state index in [1.54, 1.807) is 30.3 Å². The molecule has 0 unspecified atom stereocenters. The number of phenolic OH excluding ortho intramolecular Hbond substituents is 2. The largest absolute Gasteiger partial charge is 0.508 e. The zero-order valence-electron chi connectivity index (χ0n) is 60.9. The molecule has 32 heteroatoms. The van der Waals surface area contributed by atoms with Crippen molar-refractivity contribution in [2.75, 3.05) is 53.4 Å². The highest BCUT2D eigenvalue weighted by Crippen LogP contribution is 2.22. The number of carbonyl (C=O) groups is 13. The summed E-state index contributed by atoms with van der Waals surface area (Å²) in [6.45, 7) is -1.13. The van der Waals surface area contributed by atoms with Crippen molar-refractivity contribution in [3.63, 3.8) is 0 Å². The SMILES string of the molecule is CN1C(=O)[C@@H](Cc2ccc(O)cc2)NC(=O)CNC(=O)[C@H](Cc2ccc3ccccc3c2)NC(=O)[C@H](CCCNC(=N)N)NC(=O)[C@H]1CCCNC(=O)CCCC(=O)NCCC[C@@H]1C(=O)N[C@@H](CCCNC(N)=O)C(=O)N[C@@H](Cc2ccc3ccccc3c2)C(=O)NCC(=O)N[C@H](Cc2ccc(O)cc2)C(=O)N1C. The smallest absolute Gasteiger partial charge is 0.312 e. The molecule has 2 fully saturated rings. The lowest BCUT2D eigenvalue weighted by Crippen LogP contribution is -2.58. The van der Waals surface area contributed by atoms with Gasteiger partial charge in [0.1, 0.15) is 59.8 Å². The number of nitrogens with two attached hydrogens (primary N) is 2. The molecule has 2 heterocycles. The molecule has 6 aromatic carbocycles. The molecule has 0 saturated carbocycles. The van der Waals surface area contributed by atoms with Crippen LogP contribution in [0.3, 0.4) is 0 Å². The summed E-state index contributed by atoms with van der Waals surface area (Å²) in [6, 6.07) is 26.6. The number of amides is 14. The number of rotatable bonds is 28. The van der Waals surface area contributed by atoms with Gasteiger partial charge in [-0.15, -0.1) is 0 Å². The van der Waals surface area contributed by atoms with E-state index in [1.165, 1.54) is 38.4 Å². The van der Waals surface area contributed by atoms with E-state index in [4.69, 9.17) is 16.9 Å². The highest BCUT2D eigenvalue weighted by atomic mass is 16.3. The first-order valence-electron chi connectivity index (χ1n) is 36.3. The van der Waals surface area contributed by atoms with E-state index in [9.17, 15) is 72.5 Å². The summed E-state index contributed by atoms with van der Waals surface area (Å²) in [5.41, 5.74) is 13.2. The molecule has 0 radical (unpaired) electrons. The molecule has 32 nitrogen and oxygen atoms in total. The molecule has 8 rings (SSSR count). The highest BCUT2D eigenvalue weighted by Gasteiger charge is 2.38. The van der Waals surface area contributed by atoms with Gasteiger partial charge in [-0.3, -0.25) is 62.9 Å². The van der Waals surface area contributed by atoms with Crippen LogP contribution >= 0.6 is 0 Å². The van der Waals surface area contributed by atoms with Gasteiger partial charge >= 0.3 is 6.03 Å². The third-order valence-electron chi connectivity index (χ3n) is 18.9. The van der Waals surface area contributed by atoms with E-state index in [0.717, 1.165) is 31.3 Å². The number of benzene rings is 6. The number of hydrogen-bond acceptors (Lipinski definition) is 16. The van der Waals surface area contributed by atoms with Gasteiger partial charge in [0, 0.05) is 78.8 Å². The zero-order valence-corrected chi connectivity index (χ0v) is 60.9. The Bertz CT molecular complexity index is 3990. The lowest BCUT2D eigenvalue weighted by molar-refractivity contribution is -0.142. The van der Waals surface area contributed by atoms with E-state index in [0.29, 0.717) is 22.3 Å². The molecule has 109 heavy (non-hydrogen) atoms. The Morgan fingerprint density at radius 3 is 1.15 bits per heavy atom. The van der Waals surface area contributed by atoms with Gasteiger partial charge in [0.2, 0.25) is 70.9 Å². The Balaban J connectivity index is 0.918. The number of aromatic hydroxyl groups is 2. The molecule has 8 atom stereocenters. The molecule has 19 N–H and O–H groups in total. The number of fused-ring (bicyclic) bond motifs is 2. The predicted octanol–water partition coefficient (Wildman–Crippen LogP) is 0.172. The van der Waals surface area contributed by atoms with E-state index in [1.807, 2.05) is 78.9 Å². The second-order valence-electron chi connectivity index (χ2n) is 27.1. The number of primary amides is 1. The van der Waals surface area contributed by atoms with Crippen LogP contribution in [0.15, 0.2) is 133 Å². The fraction of sp³-hybridized carbons (Fsp3) is 0.403. The second-order valence-corrected chi connectivity index (χ2v) is 27.1. The minimum Gasteiger partial charge on any atom is -0.508 e. The summed E-state index contributed by atoms with van der Waals surface area (Å²) in [5, 5.41) is 63.7. The van der Waals surface area contributed by atoms with Crippen LogP contribution in [0.1, 0.15) is 92.9 Å². The average Bonchev–Trinajstić information content (AvgIpc) is 1.59. The van der Waals surface area contributed by atoms with Crippen LogP contribution in [-0.4, -0.2) is 205 Å². The molecule has 0 spiro atoms. The van der Waals surface area contributed by atoms with Crippen LogP contribution in [-0.2, 0) is 83.2 Å². The standard InChI is InChI=1S/C77H97N17O15/c1-93-62(72(105)89-56(16-8-36-83-76(78)79)70(103)91-58(42-48-22-28-50-12-3-5-14-52(50)38-48)68(101)85-44-66(99)87-60(74(93)107)40-46-24-30-54(95)31-25-46)18-10-34-81-64(97)20-7-21-65(98)82-35-11-19-63-73(106)90-57(17-9-37-84-77(80)109)71(104)92-59(43-49-23-29-51-13-4-6-15-53(51)39-49)69(102)86-45-67(100)88-61(75(108)94(63)2)41-47-26-32-55(96)33-27-47/h3-6,12-15,22-33,38-39,56-63,95-96H,7-11,16-21,34-37,40-45H2,1-2H3,(H,81,97)(H,82,98)(H,85,101)(H,86,102)(H,87,99)(H,88,100)(H,89,105)(H,90,106)(H,91,103)(H,92,104)(H4,78,79,83)(H3,80,84,109)/t56-,57-,58-,59-,60+,61+,62+,63+/m0/s1. The monoisotopic (exact) mass is 1500 g/mol. The summed E-state index contributed by atoms with van der Waals surface area (Å²) in [5.74, 6) is -8.94. The maximum atomic E-state index is 14.8. The molecule has 14 amide bonds. The Kier molecular flexibility index (Phi) is 30.9. The van der Waals surface area contributed by atoms with Crippen molar-refractivity contribution < 1.29 is 72.5 Å². The third kappa shape index (κ3) is 26.0. The molecule has 6 aromatic rings. The molecule has 0 aliphatic carbocycles. The molecule has 2 saturated heterocycles. The first-order valence-corrected chi connectivity index (χ1v) is 36.3. The second kappa shape index (κ2) is 40.9. The Morgan fingerprint density at radius 1 is 0.404 bits per heavy atom. The minimum atomic E-state index is -1.35. The lowest BCUT2D eigenvalue weighted by atomic mass is 10.00. The molecule has 2 aliphatic rings. The third-order valence-corrected chi connectivity index (χ3v) is 18.9. The number of urea groups is 1. The first kappa shape index (κ1) is 82.3. The summed E-state index contributed by atoms with van der Waals surface area (Å²) < 4.78 is 0. The van der Waals surface area contributed by atoms with Crippen LogP contribution in [0.25, 0.3) is 21.5 Å². The van der Waals surface area contributed by atoms with Crippen molar-refractivity contribution in [3.05, 3.63) is 156 Å². The van der Waals surface area contributed by atoms with E-state index < -0.39 is 138 Å². The van der Waals surface area contributed by atoms with Crippen LogP contribution < -0.4 is 75.3 Å². The van der Waals surface area contributed by atoms with Crippen LogP contribution in [0, 0.1) is 5.41 Å². The van der Waals surface area contributed by atoms with Crippen molar-refractivity contribution >= 4 is 104 Å². The van der Waals surface area contributed by atoms with Gasteiger partial charge in [-0.05, 0) is 126 Å². The number of nitrogens with zero attached hydrogens (tertiary/aromatic N) is 2. The number of phenols is 2. The predicted molar refractivity (Wildman–Crippen MR) is 404 cm³/mol. The van der Waals surface area contributed by atoms with Crippen molar-refractivity contribution in [2.24, 2.45) is 11.5 Å². The van der Waals surface area contributed by atoms with Crippen molar-refractivity contribution in [1.82, 2.24) is 73.6 Å². The van der Waals surface area contributed by atoms with Gasteiger partial charge in [-0.25, -0.2) is 4.79 Å². The van der Waals surface area contributed by atoms with Gasteiger partial charge in [0.25, 0.3) is 0 Å². The van der Waals surface area contributed by atoms with Crippen molar-refractivity contribution in [3.8, 4) is 11.5 Å². The molecule has 0 bridgehead atoms. The number of carbonyl (C=O) groups excluding carboxylic acids is 13. The molecule has 0 aromatic heterocycles. The molecule has 580 valence electrons. The first-order chi connectivity index (χ1) is 52.3. The maximum absolute atomic E-state index is 14.8. The van der Waals surface area contributed by atoms with Gasteiger partial charge in [0.05, 0.1) is 13.1 Å². The highest BCUT2D eigenvalue weighted by molar-refractivity contribution is 5.99. The Morgan fingerprint density at radius 2 is 0.752 bits per heavy atom. The van der Waals surface area contributed by atoms with E-state index in [2.05, 4.69) is 63.8 Å². The number of guanidine groups is 1. The summed E-state index contributed by atoms with van der Waals surface area (Å²) >= 11 is 0. The number of nitrogens with one attached hydrogen (secondary N) is 13. The summed E-state index contributed by atoms with van der Waals surface area (Å²) in [4.78, 5) is 184. The minimum absolute atomic E-state index is 0.00744.